The second-order valence-corrected chi connectivity index (χ2v) is 15.9. The summed E-state index contributed by atoms with van der Waals surface area (Å²) in [6.07, 6.45) is 0. The largest absolute Gasteiger partial charge is 0.497 e. The Bertz CT molecular complexity index is 1940. The van der Waals surface area contributed by atoms with E-state index in [1.165, 1.54) is 0 Å². The molecule has 6 aromatic carbocycles. The summed E-state index contributed by atoms with van der Waals surface area (Å²) >= 11 is 0. The number of rotatable bonds is 13. The van der Waals surface area contributed by atoms with Gasteiger partial charge in [0.15, 0.2) is 0 Å². The van der Waals surface area contributed by atoms with Gasteiger partial charge < -0.3 is 32.5 Å². The Kier molecular flexibility index (Phi) is 10.8. The molecule has 1 aliphatic rings. The summed E-state index contributed by atoms with van der Waals surface area (Å²) < 4.78 is 41.2. The maximum Gasteiger partial charge on any atom is 0.447 e. The Labute approximate surface area is 293 Å². The molecule has 2 unspecified atom stereocenters. The van der Waals surface area contributed by atoms with Crippen molar-refractivity contribution in [2.75, 3.05) is 7.11 Å². The molecule has 0 saturated heterocycles. The van der Waals surface area contributed by atoms with Crippen molar-refractivity contribution in [2.24, 2.45) is 4.52 Å². The minimum absolute atomic E-state index is 0.456. The van der Waals surface area contributed by atoms with Crippen molar-refractivity contribution in [3.63, 3.8) is 0 Å². The first-order chi connectivity index (χ1) is 24.7. The van der Waals surface area contributed by atoms with E-state index in [9.17, 15) is 0 Å². The molecule has 0 aromatic heterocycles. The van der Waals surface area contributed by atoms with Crippen LogP contribution in [0.15, 0.2) is 180 Å². The molecular weight excluding hydrogens is 691 g/mol. The summed E-state index contributed by atoms with van der Waals surface area (Å²) in [4.78, 5) is 13.4. The summed E-state index contributed by atoms with van der Waals surface area (Å²) in [6, 6.07) is 54.1. The van der Waals surface area contributed by atoms with Gasteiger partial charge in [0.25, 0.3) is 0 Å². The van der Waals surface area contributed by atoms with Gasteiger partial charge in [-0.2, -0.15) is 0 Å². The van der Waals surface area contributed by atoms with Crippen LogP contribution in [-0.4, -0.2) is 16.3 Å². The molecule has 0 spiro atoms. The van der Waals surface area contributed by atoms with Crippen LogP contribution in [-0.2, 0) is 0 Å². The maximum absolute atomic E-state index is 6.90. The van der Waals surface area contributed by atoms with E-state index in [2.05, 4.69) is 0 Å². The third-order valence-corrected chi connectivity index (χ3v) is 13.7. The molecule has 1 heterocycles. The Hall–Kier alpha value is -5.07. The summed E-state index contributed by atoms with van der Waals surface area (Å²) in [7, 11) is -6.37. The monoisotopic (exact) mass is 723 g/mol. The number of ether oxygens (including phenoxy) is 1. The van der Waals surface area contributed by atoms with Gasteiger partial charge in [-0.15, -0.1) is 4.52 Å². The van der Waals surface area contributed by atoms with Crippen molar-refractivity contribution in [1.82, 2.24) is 9.21 Å². The van der Waals surface area contributed by atoms with E-state index in [1.54, 1.807) is 40.6 Å². The Morgan fingerprint density at radius 1 is 0.440 bits per heavy atom. The van der Waals surface area contributed by atoms with Crippen LogP contribution in [0.4, 0.5) is 0 Å². The molecule has 10 nitrogen and oxygen atoms in total. The summed E-state index contributed by atoms with van der Waals surface area (Å²) in [6.45, 7) is 0. The van der Waals surface area contributed by atoms with Gasteiger partial charge in [0, 0.05) is 9.21 Å². The van der Waals surface area contributed by atoms with Crippen LogP contribution in [0.5, 0.6) is 40.2 Å². The minimum atomic E-state index is -3.77. The summed E-state index contributed by atoms with van der Waals surface area (Å²) in [5.74, 6) is 3.80. The molecule has 252 valence electrons. The number of para-hydroxylation sites is 5. The lowest BCUT2D eigenvalue weighted by atomic mass is 10.3. The van der Waals surface area contributed by atoms with Crippen LogP contribution in [0.2, 0.25) is 0 Å². The lowest BCUT2D eigenvalue weighted by Gasteiger charge is -2.43. The molecule has 0 amide bonds. The fourth-order valence-electron chi connectivity index (χ4n) is 4.49. The number of hydrogen-bond donors (Lipinski definition) is 0. The second-order valence-electron chi connectivity index (χ2n) is 10.4. The van der Waals surface area contributed by atoms with E-state index < -0.39 is 24.6 Å². The van der Waals surface area contributed by atoms with Crippen molar-refractivity contribution >= 4 is 24.6 Å². The zero-order valence-electron chi connectivity index (χ0n) is 26.8. The van der Waals surface area contributed by atoms with Gasteiger partial charge in [-0.05, 0) is 84.9 Å². The van der Waals surface area contributed by atoms with E-state index in [-0.39, 0.29) is 0 Å². The van der Waals surface area contributed by atoms with Gasteiger partial charge in [0.05, 0.1) is 7.11 Å². The first kappa shape index (κ1) is 33.4. The van der Waals surface area contributed by atoms with Gasteiger partial charge >= 0.3 is 24.6 Å². The molecule has 0 fully saturated rings. The molecule has 0 N–H and O–H groups in total. The molecule has 1 aliphatic heterocycles. The van der Waals surface area contributed by atoms with E-state index in [0.29, 0.717) is 40.2 Å². The van der Waals surface area contributed by atoms with Crippen molar-refractivity contribution in [3.05, 3.63) is 176 Å². The molecule has 50 heavy (non-hydrogen) atoms. The number of nitrogens with zero attached hydrogens (tertiary/aromatic N) is 3. The number of benzene rings is 6. The van der Waals surface area contributed by atoms with Gasteiger partial charge in [-0.3, -0.25) is 0 Å². The van der Waals surface area contributed by atoms with Crippen LogP contribution >= 0.6 is 24.6 Å². The van der Waals surface area contributed by atoms with Crippen LogP contribution in [0.25, 0.3) is 0 Å². The minimum Gasteiger partial charge on any atom is -0.497 e. The molecule has 0 saturated carbocycles. The Balaban J connectivity index is 1.46. The highest BCUT2D eigenvalue weighted by atomic mass is 31.3. The first-order valence-electron chi connectivity index (χ1n) is 15.5. The van der Waals surface area contributed by atoms with Crippen molar-refractivity contribution in [3.8, 4) is 40.2 Å². The standard InChI is InChI=1S/C37H32N3O7P3/c1-41-31-27-29-33(30-28-31)43-40-49(45-35-21-11-4-12-22-35)39(42-32-17-7-2-8-18-32)48(44-34-19-9-3-10-20-34)38-50(40,46-36-23-13-5-14-24-36)47-37-25-15-6-16-26-37/h2-30H,1H3. The van der Waals surface area contributed by atoms with Gasteiger partial charge in [0.1, 0.15) is 40.2 Å². The van der Waals surface area contributed by atoms with Crippen molar-refractivity contribution < 1.29 is 32.5 Å². The highest BCUT2D eigenvalue weighted by Crippen LogP contribution is 2.77. The average Bonchev–Trinajstić information content (AvgIpc) is 3.17. The highest BCUT2D eigenvalue weighted by Gasteiger charge is 2.58. The predicted molar refractivity (Wildman–Crippen MR) is 196 cm³/mol. The van der Waals surface area contributed by atoms with E-state index >= 15 is 0 Å². The third kappa shape index (κ3) is 8.20. The second kappa shape index (κ2) is 16.1. The molecule has 0 bridgehead atoms. The van der Waals surface area contributed by atoms with Crippen LogP contribution in [0.3, 0.4) is 0 Å². The zero-order chi connectivity index (χ0) is 34.0. The van der Waals surface area contributed by atoms with Crippen molar-refractivity contribution in [1.29, 1.82) is 0 Å². The van der Waals surface area contributed by atoms with E-state index in [1.807, 2.05) is 152 Å². The Morgan fingerprint density at radius 3 is 1.32 bits per heavy atom. The molecule has 6 aromatic rings. The Morgan fingerprint density at radius 2 is 0.840 bits per heavy atom. The van der Waals surface area contributed by atoms with E-state index in [0.717, 1.165) is 0 Å². The zero-order valence-corrected chi connectivity index (χ0v) is 29.5. The van der Waals surface area contributed by atoms with Gasteiger partial charge in [0.2, 0.25) is 0 Å². The molecular formula is C37H32N3O7P3. The highest BCUT2D eigenvalue weighted by molar-refractivity contribution is 7.78. The van der Waals surface area contributed by atoms with Gasteiger partial charge in [-0.1, -0.05) is 91.0 Å². The lowest BCUT2D eigenvalue weighted by molar-refractivity contribution is 0.0545. The normalized spacial score (nSPS) is 17.1. The molecule has 7 rings (SSSR count). The first-order valence-corrected chi connectivity index (χ1v) is 19.4. The SMILES string of the molecule is COc1ccc(ON2P(Oc3ccccc3)N(Oc3ccccc3)P(Oc3ccccc3)N=P2(Oc2ccccc2)Oc2ccccc2)cc1. The average molecular weight is 724 g/mol. The summed E-state index contributed by atoms with van der Waals surface area (Å²) in [5.41, 5.74) is 0. The summed E-state index contributed by atoms with van der Waals surface area (Å²) in [5, 5.41) is 0. The van der Waals surface area contributed by atoms with Crippen molar-refractivity contribution in [2.45, 2.75) is 0 Å². The smallest absolute Gasteiger partial charge is 0.447 e. The third-order valence-electron chi connectivity index (χ3n) is 6.82. The molecule has 0 radical (unpaired) electrons. The number of hydrogen-bond acceptors (Lipinski definition) is 10. The quantitative estimate of drug-likeness (QED) is 0.108. The maximum atomic E-state index is 6.90. The van der Waals surface area contributed by atoms with Crippen LogP contribution in [0, 0.1) is 0 Å². The topological polar surface area (TPSA) is 83.5 Å². The number of methoxy groups -OCH3 is 1. The lowest BCUT2D eigenvalue weighted by Crippen LogP contribution is -2.37. The predicted octanol–water partition coefficient (Wildman–Crippen LogP) is 11.3. The molecule has 0 aliphatic carbocycles. The van der Waals surface area contributed by atoms with E-state index in [4.69, 9.17) is 37.0 Å². The molecule has 2 atom stereocenters. The van der Waals surface area contributed by atoms with Gasteiger partial charge in [-0.25, -0.2) is 0 Å². The fraction of sp³-hybridized carbons (Fsp3) is 0.0270. The molecule has 13 heteroatoms. The van der Waals surface area contributed by atoms with Crippen LogP contribution < -0.4 is 32.5 Å². The van der Waals surface area contributed by atoms with Crippen LogP contribution in [0.1, 0.15) is 0 Å². The fourth-order valence-corrected chi connectivity index (χ4v) is 12.0.